The maximum absolute atomic E-state index is 12.1. The van der Waals surface area contributed by atoms with Gasteiger partial charge in [-0.1, -0.05) is 6.42 Å². The molecule has 3 N–H and O–H groups in total. The lowest BCUT2D eigenvalue weighted by Gasteiger charge is -2.36. The molecule has 98 valence electrons. The van der Waals surface area contributed by atoms with Gasteiger partial charge < -0.3 is 15.8 Å². The summed E-state index contributed by atoms with van der Waals surface area (Å²) < 4.78 is 5.49. The number of ether oxygens (including phenoxy) is 1. The standard InChI is InChI=1S/C13H24N2O2/c1-2-17-11-6-10(7-11)15-13(16)12-5-3-4-9(12)8-14/h9-12H,2-8,14H2,1H3,(H,15,16). The Bertz CT molecular complexity index is 264. The van der Waals surface area contributed by atoms with E-state index in [0.717, 1.165) is 38.7 Å². The monoisotopic (exact) mass is 240 g/mol. The molecule has 0 aromatic heterocycles. The van der Waals surface area contributed by atoms with Gasteiger partial charge in [0.1, 0.15) is 0 Å². The highest BCUT2D eigenvalue weighted by Crippen LogP contribution is 2.32. The van der Waals surface area contributed by atoms with Crippen molar-refractivity contribution in [1.82, 2.24) is 5.32 Å². The van der Waals surface area contributed by atoms with Crippen LogP contribution in [-0.2, 0) is 9.53 Å². The summed E-state index contributed by atoms with van der Waals surface area (Å²) >= 11 is 0. The Kier molecular flexibility index (Phi) is 4.40. The summed E-state index contributed by atoms with van der Waals surface area (Å²) in [6.45, 7) is 3.42. The number of carbonyl (C=O) groups excluding carboxylic acids is 1. The fraction of sp³-hybridized carbons (Fsp3) is 0.923. The normalized spacial score (nSPS) is 36.6. The molecule has 2 aliphatic rings. The van der Waals surface area contributed by atoms with Gasteiger partial charge in [-0.05, 0) is 45.1 Å². The molecule has 2 rings (SSSR count). The lowest BCUT2D eigenvalue weighted by Crippen LogP contribution is -2.50. The zero-order valence-corrected chi connectivity index (χ0v) is 10.7. The number of rotatable bonds is 5. The second-order valence-electron chi connectivity index (χ2n) is 5.29. The minimum atomic E-state index is 0.158. The molecule has 0 aromatic rings. The summed E-state index contributed by atoms with van der Waals surface area (Å²) in [6.07, 6.45) is 5.57. The fourth-order valence-corrected chi connectivity index (χ4v) is 3.03. The van der Waals surface area contributed by atoms with Crippen LogP contribution in [0.4, 0.5) is 0 Å². The Labute approximate surface area is 103 Å². The summed E-state index contributed by atoms with van der Waals surface area (Å²) in [5.41, 5.74) is 5.70. The van der Waals surface area contributed by atoms with Gasteiger partial charge in [0.05, 0.1) is 6.10 Å². The van der Waals surface area contributed by atoms with Crippen LogP contribution in [0, 0.1) is 11.8 Å². The maximum atomic E-state index is 12.1. The molecule has 2 fully saturated rings. The van der Waals surface area contributed by atoms with Crippen LogP contribution < -0.4 is 11.1 Å². The van der Waals surface area contributed by atoms with Crippen LogP contribution in [-0.4, -0.2) is 31.2 Å². The first-order valence-corrected chi connectivity index (χ1v) is 6.86. The molecule has 17 heavy (non-hydrogen) atoms. The van der Waals surface area contributed by atoms with Crippen molar-refractivity contribution in [2.75, 3.05) is 13.2 Å². The van der Waals surface area contributed by atoms with Crippen LogP contribution in [0.2, 0.25) is 0 Å². The van der Waals surface area contributed by atoms with E-state index in [1.54, 1.807) is 0 Å². The quantitative estimate of drug-likeness (QED) is 0.755. The predicted molar refractivity (Wildman–Crippen MR) is 66.5 cm³/mol. The number of nitrogens with two attached hydrogens (primary N) is 1. The van der Waals surface area contributed by atoms with Crippen LogP contribution in [0.25, 0.3) is 0 Å². The van der Waals surface area contributed by atoms with E-state index in [9.17, 15) is 4.79 Å². The molecule has 2 unspecified atom stereocenters. The van der Waals surface area contributed by atoms with Crippen molar-refractivity contribution in [3.8, 4) is 0 Å². The molecule has 0 saturated heterocycles. The van der Waals surface area contributed by atoms with E-state index in [-0.39, 0.29) is 11.8 Å². The number of hydrogen-bond donors (Lipinski definition) is 2. The zero-order chi connectivity index (χ0) is 12.3. The molecule has 1 amide bonds. The largest absolute Gasteiger partial charge is 0.378 e. The van der Waals surface area contributed by atoms with Crippen LogP contribution in [0.1, 0.15) is 39.0 Å². The van der Waals surface area contributed by atoms with Gasteiger partial charge in [0.2, 0.25) is 5.91 Å². The summed E-state index contributed by atoms with van der Waals surface area (Å²) in [4.78, 5) is 12.1. The van der Waals surface area contributed by atoms with E-state index >= 15 is 0 Å². The molecule has 0 aliphatic heterocycles. The zero-order valence-electron chi connectivity index (χ0n) is 10.7. The first-order valence-electron chi connectivity index (χ1n) is 6.86. The van der Waals surface area contributed by atoms with Gasteiger partial charge >= 0.3 is 0 Å². The third-order valence-corrected chi connectivity index (χ3v) is 4.14. The lowest BCUT2D eigenvalue weighted by atomic mass is 9.87. The number of hydrogen-bond acceptors (Lipinski definition) is 3. The minimum absolute atomic E-state index is 0.158. The SMILES string of the molecule is CCOC1CC(NC(=O)C2CCCC2CN)C1. The molecule has 0 bridgehead atoms. The Hall–Kier alpha value is -0.610. The number of amides is 1. The summed E-state index contributed by atoms with van der Waals surface area (Å²) in [7, 11) is 0. The van der Waals surface area contributed by atoms with E-state index in [0.29, 0.717) is 24.6 Å². The van der Waals surface area contributed by atoms with Crippen molar-refractivity contribution in [3.05, 3.63) is 0 Å². The Morgan fingerprint density at radius 3 is 2.82 bits per heavy atom. The van der Waals surface area contributed by atoms with Crippen molar-refractivity contribution in [2.24, 2.45) is 17.6 Å². The molecule has 2 atom stereocenters. The van der Waals surface area contributed by atoms with Gasteiger partial charge in [-0.3, -0.25) is 4.79 Å². The Morgan fingerprint density at radius 2 is 2.18 bits per heavy atom. The van der Waals surface area contributed by atoms with Crippen LogP contribution in [0.15, 0.2) is 0 Å². The van der Waals surface area contributed by atoms with Crippen molar-refractivity contribution >= 4 is 5.91 Å². The van der Waals surface area contributed by atoms with Gasteiger partial charge in [0.15, 0.2) is 0 Å². The molecule has 4 nitrogen and oxygen atoms in total. The third-order valence-electron chi connectivity index (χ3n) is 4.14. The third kappa shape index (κ3) is 2.99. The van der Waals surface area contributed by atoms with Crippen LogP contribution >= 0.6 is 0 Å². The molecule has 4 heteroatoms. The first kappa shape index (κ1) is 12.8. The van der Waals surface area contributed by atoms with E-state index < -0.39 is 0 Å². The van der Waals surface area contributed by atoms with Gasteiger partial charge in [-0.15, -0.1) is 0 Å². The van der Waals surface area contributed by atoms with Gasteiger partial charge in [-0.2, -0.15) is 0 Å². The lowest BCUT2D eigenvalue weighted by molar-refractivity contribution is -0.128. The average Bonchev–Trinajstić information content (AvgIpc) is 2.74. The first-order chi connectivity index (χ1) is 8.24. The van der Waals surface area contributed by atoms with Crippen LogP contribution in [0.3, 0.4) is 0 Å². The van der Waals surface area contributed by atoms with Crippen molar-refractivity contribution in [1.29, 1.82) is 0 Å². The Balaban J connectivity index is 1.71. The molecule has 0 heterocycles. The summed E-state index contributed by atoms with van der Waals surface area (Å²) in [5, 5.41) is 3.14. The van der Waals surface area contributed by atoms with Gasteiger partial charge in [-0.25, -0.2) is 0 Å². The maximum Gasteiger partial charge on any atom is 0.223 e. The predicted octanol–water partition coefficient (Wildman–Crippen LogP) is 1.05. The minimum Gasteiger partial charge on any atom is -0.378 e. The average molecular weight is 240 g/mol. The topological polar surface area (TPSA) is 64.3 Å². The van der Waals surface area contributed by atoms with Crippen molar-refractivity contribution in [2.45, 2.75) is 51.2 Å². The molecule has 0 spiro atoms. The highest BCUT2D eigenvalue weighted by atomic mass is 16.5. The van der Waals surface area contributed by atoms with Crippen LogP contribution in [0.5, 0.6) is 0 Å². The number of nitrogens with one attached hydrogen (secondary N) is 1. The molecular formula is C13H24N2O2. The fourth-order valence-electron chi connectivity index (χ4n) is 3.03. The molecule has 2 aliphatic carbocycles. The van der Waals surface area contributed by atoms with E-state index in [2.05, 4.69) is 5.32 Å². The second-order valence-corrected chi connectivity index (χ2v) is 5.29. The second kappa shape index (κ2) is 5.83. The molecule has 2 saturated carbocycles. The van der Waals surface area contributed by atoms with Gasteiger partial charge in [0, 0.05) is 18.6 Å². The Morgan fingerprint density at radius 1 is 1.41 bits per heavy atom. The van der Waals surface area contributed by atoms with E-state index in [1.165, 1.54) is 0 Å². The highest BCUT2D eigenvalue weighted by molar-refractivity contribution is 5.79. The summed E-state index contributed by atoms with van der Waals surface area (Å²) in [6, 6.07) is 0.332. The highest BCUT2D eigenvalue weighted by Gasteiger charge is 2.36. The molecule has 0 radical (unpaired) electrons. The van der Waals surface area contributed by atoms with Crippen molar-refractivity contribution in [3.63, 3.8) is 0 Å². The van der Waals surface area contributed by atoms with E-state index in [4.69, 9.17) is 10.5 Å². The molecular weight excluding hydrogens is 216 g/mol. The molecule has 0 aromatic carbocycles. The summed E-state index contributed by atoms with van der Waals surface area (Å²) in [5.74, 6) is 0.779. The van der Waals surface area contributed by atoms with Crippen molar-refractivity contribution < 1.29 is 9.53 Å². The number of carbonyl (C=O) groups is 1. The van der Waals surface area contributed by atoms with E-state index in [1.807, 2.05) is 6.92 Å². The smallest absolute Gasteiger partial charge is 0.223 e. The van der Waals surface area contributed by atoms with Gasteiger partial charge in [0.25, 0.3) is 0 Å².